The normalized spacial score (nSPS) is 14.8. The summed E-state index contributed by atoms with van der Waals surface area (Å²) in [5.74, 6) is -3.96. The number of benzene rings is 2. The van der Waals surface area contributed by atoms with Crippen molar-refractivity contribution in [2.24, 2.45) is 0 Å². The Hall–Kier alpha value is -2.32. The van der Waals surface area contributed by atoms with E-state index in [9.17, 15) is 18.0 Å². The first-order chi connectivity index (χ1) is 13.5. The molecule has 156 valence electrons. The van der Waals surface area contributed by atoms with Crippen LogP contribution in [-0.4, -0.2) is 29.1 Å². The number of hydrogen-bond donors (Lipinski definition) is 1. The van der Waals surface area contributed by atoms with Crippen LogP contribution in [-0.2, 0) is 6.54 Å². The number of urea groups is 1. The Bertz CT molecular complexity index is 877. The fourth-order valence-corrected chi connectivity index (χ4v) is 3.03. The smallest absolute Gasteiger partial charge is 0.424 e. The summed E-state index contributed by atoms with van der Waals surface area (Å²) >= 11 is 11.7. The highest BCUT2D eigenvalue weighted by atomic mass is 35.5. The van der Waals surface area contributed by atoms with Crippen molar-refractivity contribution in [1.29, 1.82) is 0 Å². The molecule has 0 bridgehead atoms. The summed E-state index contributed by atoms with van der Waals surface area (Å²) in [6.07, 6.45) is -5.09. The molecular weight excluding hydrogens is 432 g/mol. The van der Waals surface area contributed by atoms with Gasteiger partial charge in [0.15, 0.2) is 11.5 Å². The zero-order valence-electron chi connectivity index (χ0n) is 15.4. The van der Waals surface area contributed by atoms with Gasteiger partial charge in [0.1, 0.15) is 0 Å². The summed E-state index contributed by atoms with van der Waals surface area (Å²) in [4.78, 5) is 14.0. The number of carbonyl (C=O) groups excluding carboxylic acids is 1. The lowest BCUT2D eigenvalue weighted by atomic mass is 10.2. The zero-order chi connectivity index (χ0) is 21.4. The van der Waals surface area contributed by atoms with Crippen molar-refractivity contribution < 1.29 is 27.4 Å². The minimum absolute atomic E-state index is 0.00815. The van der Waals surface area contributed by atoms with Crippen LogP contribution in [0.25, 0.3) is 0 Å². The van der Waals surface area contributed by atoms with Crippen LogP contribution in [0.1, 0.15) is 19.4 Å². The van der Waals surface area contributed by atoms with E-state index in [4.69, 9.17) is 32.7 Å². The Morgan fingerprint density at radius 1 is 1.10 bits per heavy atom. The predicted molar refractivity (Wildman–Crippen MR) is 102 cm³/mol. The molecule has 0 unspecified atom stereocenters. The molecule has 0 saturated heterocycles. The van der Waals surface area contributed by atoms with Gasteiger partial charge in [0.25, 0.3) is 0 Å². The minimum Gasteiger partial charge on any atom is -0.424 e. The third-order valence-electron chi connectivity index (χ3n) is 4.22. The fourth-order valence-electron chi connectivity index (χ4n) is 2.72. The SMILES string of the molecule is CC(C)N(Cc1ccccc1)C(=O)NC1(C(F)(F)F)Oc2cc(Cl)c(Cl)cc2O1. The van der Waals surface area contributed by atoms with Gasteiger partial charge in [-0.2, -0.15) is 13.2 Å². The molecule has 1 heterocycles. The molecule has 2 aromatic carbocycles. The monoisotopic (exact) mass is 448 g/mol. The number of ether oxygens (including phenoxy) is 2. The number of carbonyl (C=O) groups is 1. The van der Waals surface area contributed by atoms with Crippen molar-refractivity contribution in [3.8, 4) is 11.5 Å². The quantitative estimate of drug-likeness (QED) is 0.661. The zero-order valence-corrected chi connectivity index (χ0v) is 16.9. The van der Waals surface area contributed by atoms with E-state index in [2.05, 4.69) is 0 Å². The fraction of sp³-hybridized carbons (Fsp3) is 0.316. The maximum Gasteiger partial charge on any atom is 0.492 e. The van der Waals surface area contributed by atoms with Crippen molar-refractivity contribution >= 4 is 29.2 Å². The van der Waals surface area contributed by atoms with E-state index in [1.807, 2.05) is 5.32 Å². The maximum atomic E-state index is 13.9. The van der Waals surface area contributed by atoms with Crippen LogP contribution in [0.3, 0.4) is 0 Å². The summed E-state index contributed by atoms with van der Waals surface area (Å²) in [5.41, 5.74) is 0.757. The first-order valence-corrected chi connectivity index (χ1v) is 9.34. The minimum atomic E-state index is -5.09. The Kier molecular flexibility index (Phi) is 5.78. The largest absolute Gasteiger partial charge is 0.492 e. The number of hydrogen-bond acceptors (Lipinski definition) is 3. The first kappa shape index (κ1) is 21.4. The Morgan fingerprint density at radius 2 is 1.62 bits per heavy atom. The highest BCUT2D eigenvalue weighted by Crippen LogP contribution is 2.48. The van der Waals surface area contributed by atoms with Gasteiger partial charge in [0.05, 0.1) is 10.0 Å². The molecule has 1 aliphatic heterocycles. The van der Waals surface area contributed by atoms with E-state index in [0.717, 1.165) is 17.7 Å². The third-order valence-corrected chi connectivity index (χ3v) is 4.94. The van der Waals surface area contributed by atoms with E-state index in [0.29, 0.717) is 0 Å². The van der Waals surface area contributed by atoms with Gasteiger partial charge >= 0.3 is 18.1 Å². The molecule has 0 saturated carbocycles. The number of rotatable bonds is 4. The Balaban J connectivity index is 1.88. The van der Waals surface area contributed by atoms with Crippen molar-refractivity contribution in [2.45, 2.75) is 38.5 Å². The lowest BCUT2D eigenvalue weighted by Gasteiger charge is -2.34. The first-order valence-electron chi connectivity index (χ1n) is 8.59. The molecule has 10 heteroatoms. The molecule has 3 rings (SSSR count). The van der Waals surface area contributed by atoms with E-state index < -0.39 is 24.2 Å². The van der Waals surface area contributed by atoms with Crippen molar-refractivity contribution in [3.05, 3.63) is 58.1 Å². The lowest BCUT2D eigenvalue weighted by Crippen LogP contribution is -2.67. The van der Waals surface area contributed by atoms with Crippen molar-refractivity contribution in [3.63, 3.8) is 0 Å². The van der Waals surface area contributed by atoms with Gasteiger partial charge in [0, 0.05) is 24.7 Å². The molecule has 0 aliphatic carbocycles. The molecule has 2 aromatic rings. The van der Waals surface area contributed by atoms with Crippen molar-refractivity contribution in [1.82, 2.24) is 10.2 Å². The van der Waals surface area contributed by atoms with E-state index in [1.165, 1.54) is 4.90 Å². The van der Waals surface area contributed by atoms with Crippen LogP contribution in [0, 0.1) is 0 Å². The van der Waals surface area contributed by atoms with Crippen LogP contribution in [0.15, 0.2) is 42.5 Å². The van der Waals surface area contributed by atoms with Gasteiger partial charge < -0.3 is 14.4 Å². The highest BCUT2D eigenvalue weighted by Gasteiger charge is 2.66. The molecule has 1 aliphatic rings. The van der Waals surface area contributed by atoms with Gasteiger partial charge in [-0.05, 0) is 19.4 Å². The summed E-state index contributed by atoms with van der Waals surface area (Å²) in [5, 5.41) is 1.83. The number of nitrogens with one attached hydrogen (secondary N) is 1. The van der Waals surface area contributed by atoms with E-state index >= 15 is 0 Å². The second kappa shape index (κ2) is 7.84. The summed E-state index contributed by atoms with van der Waals surface area (Å²) < 4.78 is 51.6. The number of amides is 2. The molecule has 0 atom stereocenters. The van der Waals surface area contributed by atoms with Crippen LogP contribution in [0.2, 0.25) is 10.0 Å². The average Bonchev–Trinajstić information content (AvgIpc) is 2.98. The van der Waals surface area contributed by atoms with Gasteiger partial charge in [-0.25, -0.2) is 4.79 Å². The highest BCUT2D eigenvalue weighted by molar-refractivity contribution is 6.42. The summed E-state index contributed by atoms with van der Waals surface area (Å²) in [7, 11) is 0. The molecule has 5 nitrogen and oxygen atoms in total. The second-order valence-electron chi connectivity index (χ2n) is 6.67. The van der Waals surface area contributed by atoms with E-state index in [1.54, 1.807) is 44.2 Å². The molecule has 1 N–H and O–H groups in total. The van der Waals surface area contributed by atoms with Crippen LogP contribution in [0.5, 0.6) is 11.5 Å². The molecule has 0 fully saturated rings. The van der Waals surface area contributed by atoms with Crippen LogP contribution >= 0.6 is 23.2 Å². The molecule has 2 amide bonds. The van der Waals surface area contributed by atoms with Gasteiger partial charge in [-0.15, -0.1) is 0 Å². The number of nitrogens with zero attached hydrogens (tertiary/aromatic N) is 1. The van der Waals surface area contributed by atoms with E-state index in [-0.39, 0.29) is 28.1 Å². The maximum absolute atomic E-state index is 13.9. The summed E-state index contributed by atoms with van der Waals surface area (Å²) in [6.45, 7) is 3.48. The van der Waals surface area contributed by atoms with Crippen LogP contribution < -0.4 is 14.8 Å². The van der Waals surface area contributed by atoms with Gasteiger partial charge in [-0.3, -0.25) is 5.32 Å². The molecule has 0 radical (unpaired) electrons. The third kappa shape index (κ3) is 4.33. The molecule has 29 heavy (non-hydrogen) atoms. The average molecular weight is 449 g/mol. The summed E-state index contributed by atoms with van der Waals surface area (Å²) in [6, 6.07) is 9.68. The topological polar surface area (TPSA) is 50.8 Å². The van der Waals surface area contributed by atoms with Gasteiger partial charge in [0.2, 0.25) is 0 Å². The Labute approximate surface area is 175 Å². The number of halogens is 5. The number of alkyl halides is 3. The van der Waals surface area contributed by atoms with Crippen LogP contribution in [0.4, 0.5) is 18.0 Å². The van der Waals surface area contributed by atoms with Crippen molar-refractivity contribution in [2.75, 3.05) is 0 Å². The molecule has 0 spiro atoms. The lowest BCUT2D eigenvalue weighted by molar-refractivity contribution is -0.318. The second-order valence-corrected chi connectivity index (χ2v) is 7.48. The van der Waals surface area contributed by atoms with Gasteiger partial charge in [-0.1, -0.05) is 53.5 Å². The Morgan fingerprint density at radius 3 is 2.07 bits per heavy atom. The predicted octanol–water partition coefficient (Wildman–Crippen LogP) is 5.60. The molecule has 0 aromatic heterocycles. The molecular formula is C19H17Cl2F3N2O3. The standard InChI is InChI=1S/C19H17Cl2F3N2O3/c1-11(2)26(10-12-6-4-3-5-7-12)17(27)25-19(18(22,23)24)28-15-8-13(20)14(21)9-16(15)29-19/h3-9,11H,10H2,1-2H3,(H,25,27). The number of fused-ring (bicyclic) bond motifs is 1.